The molecule has 0 fully saturated rings. The van der Waals surface area contributed by atoms with Gasteiger partial charge in [0.05, 0.1) is 4.90 Å². The Labute approximate surface area is 121 Å². The fourth-order valence-electron chi connectivity index (χ4n) is 1.88. The van der Waals surface area contributed by atoms with Gasteiger partial charge in [-0.05, 0) is 12.1 Å². The molecule has 0 aliphatic carbocycles. The lowest BCUT2D eigenvalue weighted by molar-refractivity contribution is 0.171. The van der Waals surface area contributed by atoms with Gasteiger partial charge in [-0.25, -0.2) is 8.42 Å². The molecule has 5 nitrogen and oxygen atoms in total. The molecule has 0 atom stereocenters. The summed E-state index contributed by atoms with van der Waals surface area (Å²) >= 11 is 3.27. The first-order valence-electron chi connectivity index (χ1n) is 6.05. The lowest BCUT2D eigenvalue weighted by atomic mass is 10.3. The van der Waals surface area contributed by atoms with E-state index in [4.69, 9.17) is 9.47 Å². The Balaban J connectivity index is 2.35. The Morgan fingerprint density at radius 1 is 1.26 bits per heavy atom. The first kappa shape index (κ1) is 14.6. The SMILES string of the molecule is CCN(CCBr)S(=O)(=O)c1ccc2c(c1)OCCO2. The Morgan fingerprint density at radius 2 is 1.95 bits per heavy atom. The highest BCUT2D eigenvalue weighted by Crippen LogP contribution is 2.33. The van der Waals surface area contributed by atoms with Gasteiger partial charge in [-0.15, -0.1) is 0 Å². The molecule has 0 amide bonds. The van der Waals surface area contributed by atoms with Crippen LogP contribution in [0.1, 0.15) is 6.92 Å². The van der Waals surface area contributed by atoms with E-state index in [1.54, 1.807) is 12.1 Å². The van der Waals surface area contributed by atoms with Crippen LogP contribution in [0, 0.1) is 0 Å². The van der Waals surface area contributed by atoms with Crippen molar-refractivity contribution in [3.63, 3.8) is 0 Å². The van der Waals surface area contributed by atoms with Gasteiger partial charge in [-0.1, -0.05) is 22.9 Å². The maximum absolute atomic E-state index is 12.4. The highest BCUT2D eigenvalue weighted by Gasteiger charge is 2.24. The summed E-state index contributed by atoms with van der Waals surface area (Å²) in [6, 6.07) is 4.73. The van der Waals surface area contributed by atoms with Gasteiger partial charge in [0, 0.05) is 24.5 Å². The molecule has 0 unspecified atom stereocenters. The number of nitrogens with zero attached hydrogens (tertiary/aromatic N) is 1. The molecule has 1 aliphatic rings. The van der Waals surface area contributed by atoms with Gasteiger partial charge in [-0.2, -0.15) is 4.31 Å². The first-order chi connectivity index (χ1) is 9.09. The molecule has 1 aromatic carbocycles. The maximum Gasteiger partial charge on any atom is 0.243 e. The van der Waals surface area contributed by atoms with E-state index in [9.17, 15) is 8.42 Å². The maximum atomic E-state index is 12.4. The van der Waals surface area contributed by atoms with Crippen molar-refractivity contribution in [3.8, 4) is 11.5 Å². The van der Waals surface area contributed by atoms with Crippen molar-refractivity contribution in [2.75, 3.05) is 31.6 Å². The predicted molar refractivity (Wildman–Crippen MR) is 75.7 cm³/mol. The van der Waals surface area contributed by atoms with E-state index >= 15 is 0 Å². The molecule has 0 bridgehead atoms. The van der Waals surface area contributed by atoms with E-state index in [-0.39, 0.29) is 4.90 Å². The largest absolute Gasteiger partial charge is 0.486 e. The van der Waals surface area contributed by atoms with Gasteiger partial charge in [0.1, 0.15) is 13.2 Å². The third kappa shape index (κ3) is 3.04. The van der Waals surface area contributed by atoms with Crippen LogP contribution in [0.5, 0.6) is 11.5 Å². The molecule has 0 saturated carbocycles. The number of sulfonamides is 1. The van der Waals surface area contributed by atoms with Crippen molar-refractivity contribution in [1.82, 2.24) is 4.31 Å². The van der Waals surface area contributed by atoms with Crippen LogP contribution in [0.3, 0.4) is 0 Å². The minimum Gasteiger partial charge on any atom is -0.486 e. The second-order valence-electron chi connectivity index (χ2n) is 3.99. The van der Waals surface area contributed by atoms with E-state index in [0.717, 1.165) is 0 Å². The van der Waals surface area contributed by atoms with E-state index in [1.165, 1.54) is 10.4 Å². The summed E-state index contributed by atoms with van der Waals surface area (Å²) in [5, 5.41) is 0.602. The number of alkyl halides is 1. The molecule has 1 heterocycles. The second-order valence-corrected chi connectivity index (χ2v) is 6.72. The van der Waals surface area contributed by atoms with Crippen LogP contribution in [-0.2, 0) is 10.0 Å². The Kier molecular flexibility index (Phi) is 4.70. The van der Waals surface area contributed by atoms with Gasteiger partial charge >= 0.3 is 0 Å². The lowest BCUT2D eigenvalue weighted by Crippen LogP contribution is -2.32. The van der Waals surface area contributed by atoms with Crippen LogP contribution in [0.25, 0.3) is 0 Å². The molecule has 19 heavy (non-hydrogen) atoms. The highest BCUT2D eigenvalue weighted by molar-refractivity contribution is 9.09. The Morgan fingerprint density at radius 3 is 2.58 bits per heavy atom. The summed E-state index contributed by atoms with van der Waals surface area (Å²) in [7, 11) is -3.48. The van der Waals surface area contributed by atoms with Crippen molar-refractivity contribution in [2.24, 2.45) is 0 Å². The molecule has 106 valence electrons. The van der Waals surface area contributed by atoms with Gasteiger partial charge in [0.25, 0.3) is 0 Å². The highest BCUT2D eigenvalue weighted by atomic mass is 79.9. The summed E-state index contributed by atoms with van der Waals surface area (Å²) in [5.41, 5.74) is 0. The fraction of sp³-hybridized carbons (Fsp3) is 0.500. The molecule has 0 spiro atoms. The smallest absolute Gasteiger partial charge is 0.243 e. The average molecular weight is 350 g/mol. The molecule has 0 saturated heterocycles. The summed E-state index contributed by atoms with van der Waals surface area (Å²) in [6.45, 7) is 3.62. The van der Waals surface area contributed by atoms with E-state index < -0.39 is 10.0 Å². The zero-order chi connectivity index (χ0) is 13.9. The molecular formula is C12H16BrNO4S. The number of halogens is 1. The van der Waals surface area contributed by atoms with E-state index in [0.29, 0.717) is 43.1 Å². The minimum atomic E-state index is -3.48. The molecule has 1 aromatic rings. The number of benzene rings is 1. The second kappa shape index (κ2) is 6.11. The predicted octanol–water partition coefficient (Wildman–Crippen LogP) is 1.86. The monoisotopic (exact) mass is 349 g/mol. The third-order valence-corrected chi connectivity index (χ3v) is 5.16. The molecular weight excluding hydrogens is 334 g/mol. The summed E-state index contributed by atoms with van der Waals surface area (Å²) in [4.78, 5) is 0.236. The standard InChI is InChI=1S/C12H16BrNO4S/c1-2-14(6-5-13)19(15,16)10-3-4-11-12(9-10)18-8-7-17-11/h3-4,9H,2,5-8H2,1H3. The first-order valence-corrected chi connectivity index (χ1v) is 8.61. The summed E-state index contributed by atoms with van der Waals surface area (Å²) in [5.74, 6) is 1.08. The van der Waals surface area contributed by atoms with Crippen LogP contribution in [-0.4, -0.2) is 44.4 Å². The van der Waals surface area contributed by atoms with Crippen molar-refractivity contribution in [2.45, 2.75) is 11.8 Å². The van der Waals surface area contributed by atoms with Crippen molar-refractivity contribution in [1.29, 1.82) is 0 Å². The topological polar surface area (TPSA) is 55.8 Å². The number of rotatable bonds is 5. The quantitative estimate of drug-likeness (QED) is 0.761. The molecule has 7 heteroatoms. The lowest BCUT2D eigenvalue weighted by Gasteiger charge is -2.22. The molecule has 0 radical (unpaired) electrons. The van der Waals surface area contributed by atoms with Crippen molar-refractivity contribution < 1.29 is 17.9 Å². The average Bonchev–Trinajstić information content (AvgIpc) is 2.44. The van der Waals surface area contributed by atoms with Crippen LogP contribution in [0.15, 0.2) is 23.1 Å². The molecule has 2 rings (SSSR count). The molecule has 0 N–H and O–H groups in total. The minimum absolute atomic E-state index is 0.236. The number of hydrogen-bond acceptors (Lipinski definition) is 4. The number of fused-ring (bicyclic) bond motifs is 1. The van der Waals surface area contributed by atoms with Gasteiger partial charge in [0.2, 0.25) is 10.0 Å². The third-order valence-electron chi connectivity index (χ3n) is 2.84. The fourth-order valence-corrected chi connectivity index (χ4v) is 4.00. The van der Waals surface area contributed by atoms with Crippen molar-refractivity contribution >= 4 is 26.0 Å². The Bertz CT molecular complexity index is 547. The Hall–Kier alpha value is -0.790. The van der Waals surface area contributed by atoms with Gasteiger partial charge in [0.15, 0.2) is 11.5 Å². The van der Waals surface area contributed by atoms with Crippen molar-refractivity contribution in [3.05, 3.63) is 18.2 Å². The van der Waals surface area contributed by atoms with Gasteiger partial charge in [-0.3, -0.25) is 0 Å². The van der Waals surface area contributed by atoms with Crippen LogP contribution in [0.4, 0.5) is 0 Å². The number of hydrogen-bond donors (Lipinski definition) is 0. The van der Waals surface area contributed by atoms with Crippen LogP contribution in [0.2, 0.25) is 0 Å². The summed E-state index contributed by atoms with van der Waals surface area (Å²) < 4.78 is 37.1. The van der Waals surface area contributed by atoms with Crippen LogP contribution < -0.4 is 9.47 Å². The molecule has 0 aromatic heterocycles. The van der Waals surface area contributed by atoms with E-state index in [2.05, 4.69) is 15.9 Å². The van der Waals surface area contributed by atoms with Gasteiger partial charge < -0.3 is 9.47 Å². The normalized spacial score (nSPS) is 14.7. The molecule has 1 aliphatic heterocycles. The van der Waals surface area contributed by atoms with E-state index in [1.807, 2.05) is 6.92 Å². The zero-order valence-corrected chi connectivity index (χ0v) is 13.0. The zero-order valence-electron chi connectivity index (χ0n) is 10.6. The summed E-state index contributed by atoms with van der Waals surface area (Å²) in [6.07, 6.45) is 0. The van der Waals surface area contributed by atoms with Crippen LogP contribution >= 0.6 is 15.9 Å². The number of ether oxygens (including phenoxy) is 2.